The first-order valence-electron chi connectivity index (χ1n) is 12.7. The standard InChI is InChI=1S/C29H35NO5/c1-3-5-7-8-9-10-12-21-15-17-22(18-16-21)28(32)30-24-14-11-13-23-25(31)20-26(35-27(23)24)29(33)34-19-6-4-2/h11,13-18,20H,3-10,12,19H2,1-2H3,(H,30,32). The minimum absolute atomic E-state index is 0.149. The zero-order chi connectivity index (χ0) is 25.0. The molecular weight excluding hydrogens is 442 g/mol. The van der Waals surface area contributed by atoms with E-state index in [1.54, 1.807) is 30.3 Å². The molecular formula is C29H35NO5. The van der Waals surface area contributed by atoms with Gasteiger partial charge in [-0.25, -0.2) is 4.79 Å². The molecule has 0 atom stereocenters. The molecule has 186 valence electrons. The number of amides is 1. The number of hydrogen-bond acceptors (Lipinski definition) is 5. The summed E-state index contributed by atoms with van der Waals surface area (Å²) in [5, 5.41) is 3.09. The first-order chi connectivity index (χ1) is 17.0. The maximum absolute atomic E-state index is 12.9. The van der Waals surface area contributed by atoms with Crippen molar-refractivity contribution in [3.05, 3.63) is 75.6 Å². The van der Waals surface area contributed by atoms with Crippen molar-refractivity contribution in [2.75, 3.05) is 11.9 Å². The molecule has 0 saturated carbocycles. The number of carbonyl (C=O) groups is 2. The van der Waals surface area contributed by atoms with Crippen LogP contribution in [0.1, 0.15) is 91.7 Å². The fourth-order valence-corrected chi connectivity index (χ4v) is 3.88. The first kappa shape index (κ1) is 26.2. The number of hydrogen-bond donors (Lipinski definition) is 1. The van der Waals surface area contributed by atoms with Crippen LogP contribution in [0.3, 0.4) is 0 Å². The van der Waals surface area contributed by atoms with Crippen molar-refractivity contribution in [1.29, 1.82) is 0 Å². The Kier molecular flexibility index (Phi) is 10.1. The van der Waals surface area contributed by atoms with Crippen LogP contribution in [0, 0.1) is 0 Å². The molecule has 1 aromatic heterocycles. The van der Waals surface area contributed by atoms with Gasteiger partial charge in [0.1, 0.15) is 0 Å². The summed E-state index contributed by atoms with van der Waals surface area (Å²) in [6.45, 7) is 4.46. The number of aryl methyl sites for hydroxylation is 1. The van der Waals surface area contributed by atoms with E-state index in [1.165, 1.54) is 37.7 Å². The third kappa shape index (κ3) is 7.54. The highest BCUT2D eigenvalue weighted by Crippen LogP contribution is 2.23. The average molecular weight is 478 g/mol. The van der Waals surface area contributed by atoms with E-state index in [1.807, 2.05) is 19.1 Å². The van der Waals surface area contributed by atoms with Gasteiger partial charge in [0.2, 0.25) is 5.76 Å². The summed E-state index contributed by atoms with van der Waals surface area (Å²) < 4.78 is 10.9. The molecule has 3 rings (SSSR count). The van der Waals surface area contributed by atoms with Crippen molar-refractivity contribution < 1.29 is 18.7 Å². The zero-order valence-electron chi connectivity index (χ0n) is 20.7. The van der Waals surface area contributed by atoms with Crippen LogP contribution in [0.15, 0.2) is 57.7 Å². The van der Waals surface area contributed by atoms with Crippen molar-refractivity contribution in [2.24, 2.45) is 0 Å². The molecule has 0 aliphatic rings. The number of anilines is 1. The number of fused-ring (bicyclic) bond motifs is 1. The van der Waals surface area contributed by atoms with Crippen LogP contribution in [-0.2, 0) is 11.2 Å². The van der Waals surface area contributed by atoms with Gasteiger partial charge >= 0.3 is 5.97 Å². The van der Waals surface area contributed by atoms with E-state index in [9.17, 15) is 14.4 Å². The molecule has 1 amide bonds. The van der Waals surface area contributed by atoms with E-state index >= 15 is 0 Å². The summed E-state index contributed by atoms with van der Waals surface area (Å²) in [7, 11) is 0. The lowest BCUT2D eigenvalue weighted by Crippen LogP contribution is -2.14. The van der Waals surface area contributed by atoms with Crippen molar-refractivity contribution in [1.82, 2.24) is 0 Å². The van der Waals surface area contributed by atoms with Crippen LogP contribution in [0.5, 0.6) is 0 Å². The second-order valence-electron chi connectivity index (χ2n) is 8.82. The van der Waals surface area contributed by atoms with E-state index in [4.69, 9.17) is 9.15 Å². The Morgan fingerprint density at radius 1 is 0.886 bits per heavy atom. The Morgan fingerprint density at radius 3 is 2.34 bits per heavy atom. The molecule has 35 heavy (non-hydrogen) atoms. The van der Waals surface area contributed by atoms with E-state index in [-0.39, 0.29) is 34.7 Å². The zero-order valence-corrected chi connectivity index (χ0v) is 20.7. The quantitative estimate of drug-likeness (QED) is 0.214. The maximum atomic E-state index is 12.9. The molecule has 6 heteroatoms. The normalized spacial score (nSPS) is 10.9. The van der Waals surface area contributed by atoms with Gasteiger partial charge in [-0.3, -0.25) is 9.59 Å². The first-order valence-corrected chi connectivity index (χ1v) is 12.7. The Balaban J connectivity index is 1.68. The van der Waals surface area contributed by atoms with Gasteiger partial charge in [-0.15, -0.1) is 0 Å². The molecule has 0 fully saturated rings. The predicted molar refractivity (Wildman–Crippen MR) is 139 cm³/mol. The molecule has 0 spiro atoms. The average Bonchev–Trinajstić information content (AvgIpc) is 2.87. The predicted octanol–water partition coefficient (Wildman–Crippen LogP) is 6.91. The highest BCUT2D eigenvalue weighted by molar-refractivity contribution is 6.08. The lowest BCUT2D eigenvalue weighted by atomic mass is 10.0. The van der Waals surface area contributed by atoms with E-state index in [0.717, 1.165) is 31.7 Å². The van der Waals surface area contributed by atoms with Gasteiger partial charge in [-0.1, -0.05) is 70.6 Å². The number of para-hydroxylation sites is 1. The van der Waals surface area contributed by atoms with Gasteiger partial charge in [-0.05, 0) is 49.1 Å². The van der Waals surface area contributed by atoms with Crippen LogP contribution >= 0.6 is 0 Å². The van der Waals surface area contributed by atoms with Crippen LogP contribution in [0.25, 0.3) is 11.0 Å². The van der Waals surface area contributed by atoms with Gasteiger partial charge in [0.05, 0.1) is 17.7 Å². The second kappa shape index (κ2) is 13.5. The van der Waals surface area contributed by atoms with E-state index < -0.39 is 5.97 Å². The molecule has 3 aromatic rings. The highest BCUT2D eigenvalue weighted by Gasteiger charge is 2.17. The number of benzene rings is 2. The molecule has 2 aromatic carbocycles. The van der Waals surface area contributed by atoms with Gasteiger partial charge < -0.3 is 14.5 Å². The van der Waals surface area contributed by atoms with Crippen LogP contribution in [-0.4, -0.2) is 18.5 Å². The molecule has 0 aliphatic carbocycles. The van der Waals surface area contributed by atoms with E-state index in [0.29, 0.717) is 11.3 Å². The number of nitrogens with one attached hydrogen (secondary N) is 1. The van der Waals surface area contributed by atoms with Crippen molar-refractivity contribution in [3.8, 4) is 0 Å². The molecule has 1 heterocycles. The Morgan fingerprint density at radius 2 is 1.60 bits per heavy atom. The lowest BCUT2D eigenvalue weighted by molar-refractivity contribution is 0.0464. The van der Waals surface area contributed by atoms with Crippen LogP contribution in [0.2, 0.25) is 0 Å². The molecule has 0 unspecified atom stereocenters. The SMILES string of the molecule is CCCCCCCCc1ccc(C(=O)Nc2cccc3c(=O)cc(C(=O)OCCCC)oc23)cc1. The smallest absolute Gasteiger partial charge is 0.374 e. The summed E-state index contributed by atoms with van der Waals surface area (Å²) in [5.41, 5.74) is 1.81. The van der Waals surface area contributed by atoms with Crippen molar-refractivity contribution >= 4 is 28.5 Å². The fraction of sp³-hybridized carbons (Fsp3) is 0.414. The molecule has 6 nitrogen and oxygen atoms in total. The molecule has 0 radical (unpaired) electrons. The van der Waals surface area contributed by atoms with Gasteiger partial charge in [-0.2, -0.15) is 0 Å². The second-order valence-corrected chi connectivity index (χ2v) is 8.82. The third-order valence-corrected chi connectivity index (χ3v) is 5.97. The summed E-state index contributed by atoms with van der Waals surface area (Å²) in [5.74, 6) is -1.19. The van der Waals surface area contributed by atoms with Crippen LogP contribution in [0.4, 0.5) is 5.69 Å². The minimum atomic E-state index is -0.695. The highest BCUT2D eigenvalue weighted by atomic mass is 16.5. The Labute approximate surface area is 206 Å². The largest absolute Gasteiger partial charge is 0.460 e. The monoisotopic (exact) mass is 477 g/mol. The molecule has 0 saturated heterocycles. The van der Waals surface area contributed by atoms with Crippen molar-refractivity contribution in [3.63, 3.8) is 0 Å². The number of unbranched alkanes of at least 4 members (excludes halogenated alkanes) is 6. The van der Waals surface area contributed by atoms with Crippen molar-refractivity contribution in [2.45, 2.75) is 71.6 Å². The molecule has 0 aliphatic heterocycles. The third-order valence-electron chi connectivity index (χ3n) is 5.97. The lowest BCUT2D eigenvalue weighted by Gasteiger charge is -2.10. The Hall–Kier alpha value is -3.41. The summed E-state index contributed by atoms with van der Waals surface area (Å²) in [6, 6.07) is 13.6. The summed E-state index contributed by atoms with van der Waals surface area (Å²) in [4.78, 5) is 37.7. The maximum Gasteiger partial charge on any atom is 0.374 e. The number of carbonyl (C=O) groups excluding carboxylic acids is 2. The Bertz CT molecular complexity index is 1180. The van der Waals surface area contributed by atoms with E-state index in [2.05, 4.69) is 12.2 Å². The minimum Gasteiger partial charge on any atom is -0.460 e. The molecule has 1 N–H and O–H groups in total. The van der Waals surface area contributed by atoms with Gasteiger partial charge in [0, 0.05) is 11.6 Å². The summed E-state index contributed by atoms with van der Waals surface area (Å²) >= 11 is 0. The number of esters is 1. The number of rotatable bonds is 13. The van der Waals surface area contributed by atoms with Gasteiger partial charge in [0.15, 0.2) is 11.0 Å². The number of ether oxygens (including phenoxy) is 1. The topological polar surface area (TPSA) is 85.6 Å². The summed E-state index contributed by atoms with van der Waals surface area (Å²) in [6.07, 6.45) is 10.1. The van der Waals surface area contributed by atoms with Crippen LogP contribution < -0.4 is 10.7 Å². The van der Waals surface area contributed by atoms with Gasteiger partial charge in [0.25, 0.3) is 5.91 Å². The molecule has 0 bridgehead atoms. The fourth-order valence-electron chi connectivity index (χ4n) is 3.88.